The Kier molecular flexibility index (Phi) is 3.48. The van der Waals surface area contributed by atoms with Crippen molar-refractivity contribution in [3.8, 4) is 5.75 Å². The molecule has 1 heterocycles. The molecular weight excluding hydrogens is 276 g/mol. The second-order valence-corrected chi connectivity index (χ2v) is 7.21. The van der Waals surface area contributed by atoms with Crippen LogP contribution in [-0.2, 0) is 10.0 Å². The first-order chi connectivity index (χ1) is 9.53. The molecule has 2 unspecified atom stereocenters. The number of sulfonamides is 1. The third-order valence-corrected chi connectivity index (χ3v) is 5.60. The molecule has 2 aliphatic rings. The van der Waals surface area contributed by atoms with Gasteiger partial charge in [-0.25, -0.2) is 13.1 Å². The summed E-state index contributed by atoms with van der Waals surface area (Å²) in [5, 5.41) is 3.26. The smallest absolute Gasteiger partial charge is 0.240 e. The Hall–Kier alpha value is -1.11. The van der Waals surface area contributed by atoms with Crippen molar-refractivity contribution in [3.63, 3.8) is 0 Å². The number of piperidine rings is 1. The van der Waals surface area contributed by atoms with Crippen LogP contribution in [0.5, 0.6) is 5.75 Å². The molecule has 110 valence electrons. The van der Waals surface area contributed by atoms with E-state index in [2.05, 4.69) is 10.0 Å². The Morgan fingerprint density at radius 3 is 2.65 bits per heavy atom. The molecule has 1 aliphatic carbocycles. The van der Waals surface area contributed by atoms with Crippen LogP contribution in [0.4, 0.5) is 0 Å². The molecule has 0 amide bonds. The van der Waals surface area contributed by atoms with Crippen molar-refractivity contribution < 1.29 is 13.2 Å². The molecule has 3 rings (SSSR count). The molecule has 2 fully saturated rings. The quantitative estimate of drug-likeness (QED) is 0.847. The fourth-order valence-corrected chi connectivity index (χ4v) is 4.37. The maximum Gasteiger partial charge on any atom is 0.240 e. The summed E-state index contributed by atoms with van der Waals surface area (Å²) in [6, 6.07) is 5.11. The highest BCUT2D eigenvalue weighted by molar-refractivity contribution is 7.89. The molecule has 0 bridgehead atoms. The topological polar surface area (TPSA) is 67.4 Å². The van der Waals surface area contributed by atoms with Gasteiger partial charge in [0.05, 0.1) is 11.5 Å². The zero-order chi connectivity index (χ0) is 14.3. The zero-order valence-electron chi connectivity index (χ0n) is 11.7. The van der Waals surface area contributed by atoms with E-state index in [0.717, 1.165) is 24.4 Å². The van der Waals surface area contributed by atoms with Crippen molar-refractivity contribution in [2.45, 2.75) is 24.8 Å². The standard InChI is InChI=1S/C14H20N2O3S/c1-3-19-13-5-4-10(6-9(13)2)20(17,18)16-14-11-7-15-8-12(11)14/h4-6,11-12,14-16H,3,7-8H2,1-2H3. The minimum absolute atomic E-state index is 0.105. The Balaban J connectivity index is 1.75. The predicted molar refractivity (Wildman–Crippen MR) is 76.3 cm³/mol. The van der Waals surface area contributed by atoms with Gasteiger partial charge in [-0.2, -0.15) is 0 Å². The number of fused-ring (bicyclic) bond motifs is 1. The molecule has 2 atom stereocenters. The molecule has 1 aliphatic heterocycles. The number of aryl methyl sites for hydroxylation is 1. The predicted octanol–water partition coefficient (Wildman–Crippen LogP) is 0.890. The lowest BCUT2D eigenvalue weighted by Gasteiger charge is -2.11. The van der Waals surface area contributed by atoms with E-state index >= 15 is 0 Å². The van der Waals surface area contributed by atoms with Crippen molar-refractivity contribution in [1.29, 1.82) is 0 Å². The molecule has 6 heteroatoms. The second kappa shape index (κ2) is 5.02. The Morgan fingerprint density at radius 1 is 1.35 bits per heavy atom. The summed E-state index contributed by atoms with van der Waals surface area (Å²) < 4.78 is 33.0. The van der Waals surface area contributed by atoms with E-state index in [1.165, 1.54) is 0 Å². The summed E-state index contributed by atoms with van der Waals surface area (Å²) in [4.78, 5) is 0.316. The van der Waals surface area contributed by atoms with E-state index in [1.54, 1.807) is 18.2 Å². The van der Waals surface area contributed by atoms with Crippen molar-refractivity contribution in [2.24, 2.45) is 11.8 Å². The lowest BCUT2D eigenvalue weighted by atomic mass is 10.2. The van der Waals surface area contributed by atoms with E-state index in [1.807, 2.05) is 13.8 Å². The first kappa shape index (κ1) is 13.9. The molecular formula is C14H20N2O3S. The number of benzene rings is 1. The van der Waals surface area contributed by atoms with Gasteiger partial charge in [0, 0.05) is 6.04 Å². The van der Waals surface area contributed by atoms with Crippen molar-refractivity contribution >= 4 is 10.0 Å². The molecule has 5 nitrogen and oxygen atoms in total. The fraction of sp³-hybridized carbons (Fsp3) is 0.571. The highest BCUT2D eigenvalue weighted by Gasteiger charge is 2.54. The lowest BCUT2D eigenvalue weighted by molar-refractivity contribution is 0.337. The van der Waals surface area contributed by atoms with Crippen LogP contribution in [0.25, 0.3) is 0 Å². The van der Waals surface area contributed by atoms with Crippen molar-refractivity contribution in [3.05, 3.63) is 23.8 Å². The van der Waals surface area contributed by atoms with E-state index in [0.29, 0.717) is 23.3 Å². The van der Waals surface area contributed by atoms with Crippen LogP contribution in [-0.4, -0.2) is 34.2 Å². The van der Waals surface area contributed by atoms with Crippen LogP contribution in [0.1, 0.15) is 12.5 Å². The van der Waals surface area contributed by atoms with Gasteiger partial charge < -0.3 is 10.1 Å². The Morgan fingerprint density at radius 2 is 2.05 bits per heavy atom. The third-order valence-electron chi connectivity index (χ3n) is 4.14. The van der Waals surface area contributed by atoms with E-state index in [9.17, 15) is 8.42 Å². The zero-order valence-corrected chi connectivity index (χ0v) is 12.5. The van der Waals surface area contributed by atoms with Crippen LogP contribution >= 0.6 is 0 Å². The van der Waals surface area contributed by atoms with Crippen LogP contribution < -0.4 is 14.8 Å². The van der Waals surface area contributed by atoms with Crippen LogP contribution in [0.2, 0.25) is 0 Å². The van der Waals surface area contributed by atoms with E-state index in [4.69, 9.17) is 4.74 Å². The number of rotatable bonds is 5. The second-order valence-electron chi connectivity index (χ2n) is 5.49. The lowest BCUT2D eigenvalue weighted by Crippen LogP contribution is -2.32. The highest BCUT2D eigenvalue weighted by atomic mass is 32.2. The van der Waals surface area contributed by atoms with Crippen LogP contribution in [0.15, 0.2) is 23.1 Å². The molecule has 2 N–H and O–H groups in total. The van der Waals surface area contributed by atoms with Gasteiger partial charge >= 0.3 is 0 Å². The molecule has 1 aromatic carbocycles. The fourth-order valence-electron chi connectivity index (χ4n) is 2.95. The van der Waals surface area contributed by atoms with Gasteiger partial charge in [0.15, 0.2) is 0 Å². The Labute approximate surface area is 119 Å². The van der Waals surface area contributed by atoms with Gasteiger partial charge in [0.25, 0.3) is 0 Å². The van der Waals surface area contributed by atoms with Crippen molar-refractivity contribution in [1.82, 2.24) is 10.0 Å². The van der Waals surface area contributed by atoms with Gasteiger partial charge in [-0.1, -0.05) is 0 Å². The first-order valence-corrected chi connectivity index (χ1v) is 8.47. The monoisotopic (exact) mass is 296 g/mol. The minimum Gasteiger partial charge on any atom is -0.494 e. The van der Waals surface area contributed by atoms with Crippen LogP contribution in [0.3, 0.4) is 0 Å². The maximum absolute atomic E-state index is 12.4. The number of hydrogen-bond donors (Lipinski definition) is 2. The van der Waals surface area contributed by atoms with Gasteiger partial charge in [0.2, 0.25) is 10.0 Å². The van der Waals surface area contributed by atoms with Gasteiger partial charge in [-0.15, -0.1) is 0 Å². The number of ether oxygens (including phenoxy) is 1. The number of nitrogens with one attached hydrogen (secondary N) is 2. The van der Waals surface area contributed by atoms with Crippen LogP contribution in [0, 0.1) is 18.8 Å². The summed E-state index contributed by atoms with van der Waals surface area (Å²) in [5.41, 5.74) is 0.840. The first-order valence-electron chi connectivity index (χ1n) is 6.99. The van der Waals surface area contributed by atoms with Gasteiger partial charge in [-0.05, 0) is 62.5 Å². The number of hydrogen-bond acceptors (Lipinski definition) is 4. The summed E-state index contributed by atoms with van der Waals surface area (Å²) in [7, 11) is -3.43. The molecule has 1 aromatic rings. The molecule has 1 saturated heterocycles. The molecule has 0 aromatic heterocycles. The summed E-state index contributed by atoms with van der Waals surface area (Å²) in [6.45, 7) is 6.18. The SMILES string of the molecule is CCOc1ccc(S(=O)(=O)NC2C3CNCC32)cc1C. The summed E-state index contributed by atoms with van der Waals surface area (Å²) >= 11 is 0. The minimum atomic E-state index is -3.43. The molecule has 0 spiro atoms. The third kappa shape index (κ3) is 2.43. The Bertz CT molecular complexity index is 605. The summed E-state index contributed by atoms with van der Waals surface area (Å²) in [6.07, 6.45) is 0. The maximum atomic E-state index is 12.4. The average Bonchev–Trinajstić information content (AvgIpc) is 2.85. The molecule has 0 radical (unpaired) electrons. The summed E-state index contributed by atoms with van der Waals surface area (Å²) in [5.74, 6) is 1.67. The van der Waals surface area contributed by atoms with Crippen molar-refractivity contribution in [2.75, 3.05) is 19.7 Å². The normalized spacial score (nSPS) is 28.2. The van der Waals surface area contributed by atoms with Gasteiger partial charge in [-0.3, -0.25) is 0 Å². The average molecular weight is 296 g/mol. The van der Waals surface area contributed by atoms with E-state index in [-0.39, 0.29) is 6.04 Å². The molecule has 1 saturated carbocycles. The van der Waals surface area contributed by atoms with E-state index < -0.39 is 10.0 Å². The largest absolute Gasteiger partial charge is 0.494 e. The highest BCUT2D eigenvalue weighted by Crippen LogP contribution is 2.42. The molecule has 20 heavy (non-hydrogen) atoms. The van der Waals surface area contributed by atoms with Gasteiger partial charge in [0.1, 0.15) is 5.75 Å².